The van der Waals surface area contributed by atoms with Gasteiger partial charge >= 0.3 is 0 Å². The lowest BCUT2D eigenvalue weighted by Gasteiger charge is -2.28. The van der Waals surface area contributed by atoms with Crippen LogP contribution in [-0.4, -0.2) is 6.04 Å². The molecular formula is C43H31NOS. The van der Waals surface area contributed by atoms with Crippen molar-refractivity contribution in [1.29, 1.82) is 0 Å². The normalized spacial score (nSPS) is 16.7. The molecule has 2 heterocycles. The minimum atomic E-state index is 0.250. The maximum Gasteiger partial charge on any atom is 0.130 e. The number of aryl methyl sites for hydroxylation is 1. The molecule has 0 amide bonds. The van der Waals surface area contributed by atoms with E-state index in [1.165, 1.54) is 53.6 Å². The van der Waals surface area contributed by atoms with Gasteiger partial charge < -0.3 is 9.64 Å². The average molecular weight is 610 g/mol. The molecule has 1 aliphatic heterocycles. The Morgan fingerprint density at radius 3 is 2.37 bits per heavy atom. The quantitative estimate of drug-likeness (QED) is 0.180. The van der Waals surface area contributed by atoms with E-state index in [9.17, 15) is 0 Å². The topological polar surface area (TPSA) is 12.5 Å². The molecule has 1 aromatic heterocycles. The van der Waals surface area contributed by atoms with Gasteiger partial charge in [0.25, 0.3) is 0 Å². The highest BCUT2D eigenvalue weighted by Gasteiger charge is 2.37. The number of nitrogens with zero attached hydrogens (tertiary/aromatic N) is 1. The predicted octanol–water partition coefficient (Wildman–Crippen LogP) is 12.0. The van der Waals surface area contributed by atoms with E-state index in [1.807, 2.05) is 11.3 Å². The molecule has 3 heteroatoms. The molecule has 46 heavy (non-hydrogen) atoms. The molecule has 0 spiro atoms. The molecule has 2 nitrogen and oxygen atoms in total. The minimum Gasteiger partial charge on any atom is -0.457 e. The molecule has 9 rings (SSSR count). The molecule has 7 aromatic rings. The Morgan fingerprint density at radius 2 is 1.46 bits per heavy atom. The zero-order valence-electron chi connectivity index (χ0n) is 25.5. The fraction of sp³-hybridized carbons (Fsp3) is 0.0698. The summed E-state index contributed by atoms with van der Waals surface area (Å²) in [7, 11) is 0. The van der Waals surface area contributed by atoms with Gasteiger partial charge in [-0.3, -0.25) is 0 Å². The second-order valence-electron chi connectivity index (χ2n) is 12.2. The fourth-order valence-corrected chi connectivity index (χ4v) is 8.43. The highest BCUT2D eigenvalue weighted by Crippen LogP contribution is 2.50. The van der Waals surface area contributed by atoms with Crippen LogP contribution in [0.5, 0.6) is 5.75 Å². The van der Waals surface area contributed by atoms with E-state index in [0.717, 1.165) is 22.3 Å². The van der Waals surface area contributed by atoms with Gasteiger partial charge in [-0.25, -0.2) is 0 Å². The molecule has 6 aromatic carbocycles. The van der Waals surface area contributed by atoms with Crippen LogP contribution in [0.1, 0.15) is 22.6 Å². The highest BCUT2D eigenvalue weighted by molar-refractivity contribution is 7.25. The Morgan fingerprint density at radius 1 is 0.696 bits per heavy atom. The van der Waals surface area contributed by atoms with Crippen molar-refractivity contribution in [2.75, 3.05) is 4.90 Å². The SMILES string of the molecule is C=C(Oc1ccc(-c2ccc3c(c2)C2C=CC=CC2N3c2ccc3c(c2)sc2ccccc23)cc1C)c1cccc2ccccc12. The summed E-state index contributed by atoms with van der Waals surface area (Å²) in [4.78, 5) is 2.52. The van der Waals surface area contributed by atoms with Crippen LogP contribution in [0, 0.1) is 6.92 Å². The molecule has 1 aliphatic carbocycles. The number of hydrogen-bond donors (Lipinski definition) is 0. The first-order valence-corrected chi connectivity index (χ1v) is 16.6. The van der Waals surface area contributed by atoms with E-state index < -0.39 is 0 Å². The van der Waals surface area contributed by atoms with E-state index in [4.69, 9.17) is 4.74 Å². The second kappa shape index (κ2) is 10.6. The Balaban J connectivity index is 1.04. The van der Waals surface area contributed by atoms with Crippen molar-refractivity contribution in [3.8, 4) is 16.9 Å². The molecule has 0 saturated heterocycles. The van der Waals surface area contributed by atoms with Crippen molar-refractivity contribution in [2.45, 2.75) is 18.9 Å². The maximum absolute atomic E-state index is 6.37. The number of rotatable bonds is 5. The van der Waals surface area contributed by atoms with Gasteiger partial charge in [0.05, 0.1) is 6.04 Å². The zero-order chi connectivity index (χ0) is 30.8. The Hall–Kier alpha value is -5.38. The van der Waals surface area contributed by atoms with Gasteiger partial charge in [-0.05, 0) is 82.4 Å². The molecule has 0 radical (unpaired) electrons. The van der Waals surface area contributed by atoms with Crippen LogP contribution in [0.25, 0.3) is 47.8 Å². The fourth-order valence-electron chi connectivity index (χ4n) is 7.29. The smallest absolute Gasteiger partial charge is 0.130 e. The lowest BCUT2D eigenvalue weighted by Crippen LogP contribution is -2.28. The van der Waals surface area contributed by atoms with E-state index >= 15 is 0 Å². The summed E-state index contributed by atoms with van der Waals surface area (Å²) in [6.45, 7) is 6.40. The van der Waals surface area contributed by atoms with Gasteiger partial charge in [0.1, 0.15) is 11.5 Å². The summed E-state index contributed by atoms with van der Waals surface area (Å²) >= 11 is 1.88. The van der Waals surface area contributed by atoms with Crippen LogP contribution in [0.4, 0.5) is 11.4 Å². The lowest BCUT2D eigenvalue weighted by molar-refractivity contribution is 0.513. The summed E-state index contributed by atoms with van der Waals surface area (Å²) in [5, 5.41) is 4.99. The molecule has 2 atom stereocenters. The van der Waals surface area contributed by atoms with E-state index in [-0.39, 0.29) is 6.04 Å². The van der Waals surface area contributed by atoms with Gasteiger partial charge in [0, 0.05) is 43.0 Å². The first-order valence-electron chi connectivity index (χ1n) is 15.8. The van der Waals surface area contributed by atoms with Crippen molar-refractivity contribution in [3.05, 3.63) is 169 Å². The summed E-state index contributed by atoms with van der Waals surface area (Å²) < 4.78 is 9.04. The maximum atomic E-state index is 6.37. The summed E-state index contributed by atoms with van der Waals surface area (Å²) in [6.07, 6.45) is 9.08. The molecule has 0 saturated carbocycles. The highest BCUT2D eigenvalue weighted by atomic mass is 32.1. The van der Waals surface area contributed by atoms with Crippen LogP contribution in [0.3, 0.4) is 0 Å². The van der Waals surface area contributed by atoms with Crippen LogP contribution >= 0.6 is 11.3 Å². The first kappa shape index (κ1) is 27.0. The molecule has 2 unspecified atom stereocenters. The third kappa shape index (κ3) is 4.31. The Kier molecular flexibility index (Phi) is 6.22. The monoisotopic (exact) mass is 609 g/mol. The average Bonchev–Trinajstić information content (AvgIpc) is 3.63. The molecule has 0 fully saturated rings. The van der Waals surface area contributed by atoms with Gasteiger partial charge in [0.15, 0.2) is 0 Å². The van der Waals surface area contributed by atoms with Gasteiger partial charge in [-0.2, -0.15) is 0 Å². The Labute approximate surface area is 272 Å². The summed E-state index contributed by atoms with van der Waals surface area (Å²) in [6, 6.07) is 44.0. The van der Waals surface area contributed by atoms with Crippen molar-refractivity contribution in [2.24, 2.45) is 0 Å². The lowest BCUT2D eigenvalue weighted by atomic mass is 9.89. The van der Waals surface area contributed by atoms with Crippen molar-refractivity contribution in [3.63, 3.8) is 0 Å². The first-order chi connectivity index (χ1) is 22.6. The molecule has 0 N–H and O–H groups in total. The van der Waals surface area contributed by atoms with E-state index in [0.29, 0.717) is 11.7 Å². The standard InChI is InChI=1S/C43H31NOS/c1-27-24-30(19-23-41(27)45-28(2)33-15-9-11-29-10-3-4-12-34(29)33)31-18-22-40-38(25-31)35-13-5-7-16-39(35)44(40)32-20-21-37-36-14-6-8-17-42(36)46-43(37)26-32/h3-26,35,39H,2H2,1H3. The summed E-state index contributed by atoms with van der Waals surface area (Å²) in [5.74, 6) is 1.78. The van der Waals surface area contributed by atoms with Crippen LogP contribution in [0.15, 0.2) is 152 Å². The summed E-state index contributed by atoms with van der Waals surface area (Å²) in [5.41, 5.74) is 8.37. The van der Waals surface area contributed by atoms with Gasteiger partial charge in [0.2, 0.25) is 0 Å². The molecular weight excluding hydrogens is 579 g/mol. The minimum absolute atomic E-state index is 0.250. The molecule has 2 aliphatic rings. The van der Waals surface area contributed by atoms with Crippen molar-refractivity contribution in [1.82, 2.24) is 0 Å². The van der Waals surface area contributed by atoms with Gasteiger partial charge in [-0.1, -0.05) is 110 Å². The predicted molar refractivity (Wildman–Crippen MR) is 197 cm³/mol. The molecule has 0 bridgehead atoms. The zero-order valence-corrected chi connectivity index (χ0v) is 26.3. The van der Waals surface area contributed by atoms with Gasteiger partial charge in [-0.15, -0.1) is 11.3 Å². The third-order valence-electron chi connectivity index (χ3n) is 9.52. The number of allylic oxidation sites excluding steroid dienone is 2. The number of thiophene rings is 1. The number of anilines is 2. The van der Waals surface area contributed by atoms with Crippen molar-refractivity contribution >= 4 is 59.4 Å². The van der Waals surface area contributed by atoms with E-state index in [2.05, 4.69) is 164 Å². The number of fused-ring (bicyclic) bond motifs is 7. The number of benzene rings is 6. The largest absolute Gasteiger partial charge is 0.457 e. The number of ether oxygens (including phenoxy) is 1. The second-order valence-corrected chi connectivity index (χ2v) is 13.3. The third-order valence-corrected chi connectivity index (χ3v) is 10.7. The Bertz CT molecular complexity index is 2410. The molecule has 220 valence electrons. The number of hydrogen-bond acceptors (Lipinski definition) is 3. The van der Waals surface area contributed by atoms with Crippen LogP contribution in [-0.2, 0) is 0 Å². The van der Waals surface area contributed by atoms with Crippen LogP contribution < -0.4 is 9.64 Å². The van der Waals surface area contributed by atoms with E-state index in [1.54, 1.807) is 0 Å². The van der Waals surface area contributed by atoms with Crippen LogP contribution in [0.2, 0.25) is 0 Å². The van der Waals surface area contributed by atoms with Crippen molar-refractivity contribution < 1.29 is 4.74 Å².